The van der Waals surface area contributed by atoms with Crippen molar-refractivity contribution in [2.24, 2.45) is 20.6 Å². The highest BCUT2D eigenvalue weighted by Gasteiger charge is 2.26. The van der Waals surface area contributed by atoms with Crippen LogP contribution >= 0.6 is 0 Å². The molecule has 2 atom stereocenters. The number of nitrogens with zero attached hydrogens (tertiary/aromatic N) is 6. The number of benzene rings is 5. The van der Waals surface area contributed by atoms with Gasteiger partial charge < -0.3 is 10.8 Å². The minimum atomic E-state index is -1.38. The number of aromatic hydroxyl groups is 1. The highest BCUT2D eigenvalue weighted by molar-refractivity contribution is 5.97. The van der Waals surface area contributed by atoms with Gasteiger partial charge in [0.1, 0.15) is 23.5 Å². The second-order valence-electron chi connectivity index (χ2n) is 9.66. The molecule has 0 bridgehead atoms. The van der Waals surface area contributed by atoms with E-state index in [1.54, 1.807) is 42.5 Å². The largest absolute Gasteiger partial charge is 0.505 e. The maximum Gasteiger partial charge on any atom is 0.269 e. The molecule has 0 saturated carbocycles. The molecule has 0 aliphatic rings. The molecule has 2 unspecified atom stereocenters. The van der Waals surface area contributed by atoms with Gasteiger partial charge in [0, 0.05) is 40.9 Å². The molecular formula is C30H21N7O7. The Hall–Kier alpha value is -6.44. The van der Waals surface area contributed by atoms with Gasteiger partial charge in [0.25, 0.3) is 11.4 Å². The molecule has 5 aromatic rings. The van der Waals surface area contributed by atoms with Gasteiger partial charge >= 0.3 is 0 Å². The summed E-state index contributed by atoms with van der Waals surface area (Å²) >= 11 is 0. The van der Waals surface area contributed by atoms with E-state index in [2.05, 4.69) is 20.6 Å². The molecule has 218 valence electrons. The number of nitro groups is 2. The smallest absolute Gasteiger partial charge is 0.269 e. The normalized spacial score (nSPS) is 12.5. The van der Waals surface area contributed by atoms with Crippen LogP contribution in [0.25, 0.3) is 10.8 Å². The molecule has 3 N–H and O–H groups in total. The Balaban J connectivity index is 1.71. The van der Waals surface area contributed by atoms with E-state index in [9.17, 15) is 35.1 Å². The summed E-state index contributed by atoms with van der Waals surface area (Å²) in [6.07, 6.45) is 0. The summed E-state index contributed by atoms with van der Waals surface area (Å²) in [5, 5.41) is 49.7. The molecule has 0 saturated heterocycles. The number of hydrogen-bond donors (Lipinski definition) is 2. The summed E-state index contributed by atoms with van der Waals surface area (Å²) in [7, 11) is 0. The third-order valence-corrected chi connectivity index (χ3v) is 6.91. The second kappa shape index (κ2) is 12.2. The minimum Gasteiger partial charge on any atom is -0.505 e. The van der Waals surface area contributed by atoms with Gasteiger partial charge in [0.15, 0.2) is 0 Å². The van der Waals surface area contributed by atoms with Crippen LogP contribution in [0, 0.1) is 30.0 Å². The lowest BCUT2D eigenvalue weighted by molar-refractivity contribution is -0.385. The summed E-state index contributed by atoms with van der Waals surface area (Å²) in [6.45, 7) is 0. The fraction of sp³-hybridized carbons (Fsp3) is 0.0667. The quantitative estimate of drug-likeness (QED) is 0.0530. The van der Waals surface area contributed by atoms with Crippen molar-refractivity contribution in [2.75, 3.05) is 5.73 Å². The van der Waals surface area contributed by atoms with Gasteiger partial charge in [-0.15, -0.1) is 14.9 Å². The molecular weight excluding hydrogens is 570 g/mol. The lowest BCUT2D eigenvalue weighted by Crippen LogP contribution is -2.01. The number of nitrogens with two attached hydrogens (primary N) is 1. The average molecular weight is 592 g/mol. The zero-order valence-electron chi connectivity index (χ0n) is 22.5. The summed E-state index contributed by atoms with van der Waals surface area (Å²) in [6, 6.07) is 20.9. The molecule has 14 heteroatoms. The van der Waals surface area contributed by atoms with Crippen molar-refractivity contribution in [1.29, 1.82) is 0 Å². The van der Waals surface area contributed by atoms with Crippen LogP contribution in [0.15, 0.2) is 118 Å². The summed E-state index contributed by atoms with van der Waals surface area (Å²) in [4.78, 5) is 45.7. The number of nitrogen functional groups attached to an aromatic ring is 1. The summed E-state index contributed by atoms with van der Waals surface area (Å²) in [5.41, 5.74) is 6.88. The van der Waals surface area contributed by atoms with Crippen molar-refractivity contribution in [3.05, 3.63) is 149 Å². The lowest BCUT2D eigenvalue weighted by atomic mass is 9.92. The van der Waals surface area contributed by atoms with Crippen LogP contribution in [-0.2, 0) is 0 Å². The first kappa shape index (κ1) is 29.1. The Morgan fingerprint density at radius 2 is 1.25 bits per heavy atom. The fourth-order valence-corrected chi connectivity index (χ4v) is 4.77. The number of phenolic OH excluding ortho intramolecular Hbond substituents is 1. The van der Waals surface area contributed by atoms with Gasteiger partial charge in [-0.2, -0.15) is 5.11 Å². The summed E-state index contributed by atoms with van der Waals surface area (Å²) < 4.78 is 0. The first-order valence-corrected chi connectivity index (χ1v) is 12.9. The number of azo groups is 1. The molecule has 5 aromatic carbocycles. The van der Waals surface area contributed by atoms with Crippen molar-refractivity contribution in [2.45, 2.75) is 12.1 Å². The van der Waals surface area contributed by atoms with Crippen molar-refractivity contribution in [3.8, 4) is 5.75 Å². The molecule has 0 spiro atoms. The Kier molecular flexibility index (Phi) is 8.06. The van der Waals surface area contributed by atoms with Crippen LogP contribution in [0.5, 0.6) is 5.75 Å². The Morgan fingerprint density at radius 1 is 0.682 bits per heavy atom. The highest BCUT2D eigenvalue weighted by atomic mass is 16.6. The number of rotatable bonds is 10. The van der Waals surface area contributed by atoms with Gasteiger partial charge in [-0.3, -0.25) is 20.2 Å². The molecule has 0 aliphatic heterocycles. The van der Waals surface area contributed by atoms with Crippen molar-refractivity contribution in [3.63, 3.8) is 0 Å². The molecule has 0 amide bonds. The van der Waals surface area contributed by atoms with Gasteiger partial charge in [-0.05, 0) is 58.5 Å². The van der Waals surface area contributed by atoms with Gasteiger partial charge in [0.2, 0.25) is 0 Å². The van der Waals surface area contributed by atoms with Crippen LogP contribution in [0.1, 0.15) is 34.3 Å². The lowest BCUT2D eigenvalue weighted by Gasteiger charge is -2.17. The molecule has 0 fully saturated rings. The van der Waals surface area contributed by atoms with Crippen LogP contribution < -0.4 is 5.73 Å². The zero-order chi connectivity index (χ0) is 31.4. The number of fused-ring (bicyclic) bond motifs is 1. The predicted octanol–water partition coefficient (Wildman–Crippen LogP) is 8.07. The van der Waals surface area contributed by atoms with Gasteiger partial charge in [0.05, 0.1) is 15.5 Å². The Bertz CT molecular complexity index is 1960. The molecule has 0 heterocycles. The van der Waals surface area contributed by atoms with E-state index in [0.29, 0.717) is 27.7 Å². The van der Waals surface area contributed by atoms with E-state index in [-0.39, 0.29) is 33.8 Å². The molecule has 0 aliphatic carbocycles. The first-order valence-electron chi connectivity index (χ1n) is 12.9. The highest BCUT2D eigenvalue weighted by Crippen LogP contribution is 2.45. The number of hydrogen-bond acceptors (Lipinski definition) is 12. The maximum atomic E-state index is 12.2. The number of nitroso groups, excluding NO2 is 2. The van der Waals surface area contributed by atoms with Crippen LogP contribution in [-0.4, -0.2) is 15.0 Å². The van der Waals surface area contributed by atoms with Crippen molar-refractivity contribution >= 4 is 39.2 Å². The van der Waals surface area contributed by atoms with Crippen LogP contribution in [0.3, 0.4) is 0 Å². The molecule has 14 nitrogen and oxygen atoms in total. The fourth-order valence-electron chi connectivity index (χ4n) is 4.77. The molecule has 0 radical (unpaired) electrons. The number of anilines is 1. The second-order valence-corrected chi connectivity index (χ2v) is 9.66. The molecule has 0 aromatic heterocycles. The first-order chi connectivity index (χ1) is 21.2. The standard InChI is InChI=1S/C30H21N7O7/c31-21-8-10-22(11-9-21)32-33-29-25-12-7-19(27(34-39)17-3-1-5-23(14-17)36(41)42)13-20(25)16-26(30(29)38)28(35-40)18-4-2-6-24(15-18)37(43)44/h1-16,27-28,38H,31H2. The molecule has 5 rings (SSSR count). The van der Waals surface area contributed by atoms with E-state index in [1.165, 1.54) is 54.6 Å². The van der Waals surface area contributed by atoms with Crippen LogP contribution in [0.4, 0.5) is 28.4 Å². The van der Waals surface area contributed by atoms with E-state index in [4.69, 9.17) is 5.73 Å². The number of phenols is 1. The van der Waals surface area contributed by atoms with Crippen molar-refractivity contribution < 1.29 is 15.0 Å². The minimum absolute atomic E-state index is 0.0256. The van der Waals surface area contributed by atoms with Gasteiger partial charge in [-0.1, -0.05) is 46.8 Å². The van der Waals surface area contributed by atoms with E-state index in [0.717, 1.165) is 0 Å². The maximum absolute atomic E-state index is 12.2. The third-order valence-electron chi connectivity index (χ3n) is 6.91. The SMILES string of the molecule is Nc1ccc(N=Nc2c(O)c(C(N=O)c3cccc([N+](=O)[O-])c3)cc3cc(C(N=O)c4cccc([N+](=O)[O-])c4)ccc23)cc1. The van der Waals surface area contributed by atoms with Crippen molar-refractivity contribution in [1.82, 2.24) is 0 Å². The topological polar surface area (TPSA) is 216 Å². The van der Waals surface area contributed by atoms with E-state index >= 15 is 0 Å². The summed E-state index contributed by atoms with van der Waals surface area (Å²) in [5.74, 6) is -0.440. The molecule has 44 heavy (non-hydrogen) atoms. The van der Waals surface area contributed by atoms with E-state index < -0.39 is 27.7 Å². The van der Waals surface area contributed by atoms with Crippen LogP contribution in [0.2, 0.25) is 0 Å². The van der Waals surface area contributed by atoms with E-state index in [1.807, 2.05) is 0 Å². The monoisotopic (exact) mass is 591 g/mol. The third kappa shape index (κ3) is 5.80. The Morgan fingerprint density at radius 3 is 1.82 bits per heavy atom. The van der Waals surface area contributed by atoms with Gasteiger partial charge in [-0.25, -0.2) is 0 Å². The number of non-ortho nitro benzene ring substituents is 2. The predicted molar refractivity (Wildman–Crippen MR) is 162 cm³/mol. The number of nitro benzene ring substituents is 2. The Labute approximate surface area is 247 Å². The average Bonchev–Trinajstić information content (AvgIpc) is 3.03. The zero-order valence-corrected chi connectivity index (χ0v) is 22.5.